The molecule has 1 aromatic heterocycles. The van der Waals surface area contributed by atoms with Gasteiger partial charge in [0.2, 0.25) is 0 Å². The van der Waals surface area contributed by atoms with Crippen molar-refractivity contribution in [2.45, 2.75) is 37.1 Å². The molecule has 3 aromatic carbocycles. The van der Waals surface area contributed by atoms with Crippen molar-refractivity contribution in [3.8, 4) is 5.75 Å². The average Bonchev–Trinajstić information content (AvgIpc) is 3.41. The normalized spacial score (nSPS) is 11.3. The molecule has 0 aliphatic heterocycles. The van der Waals surface area contributed by atoms with Crippen molar-refractivity contribution in [3.05, 3.63) is 126 Å². The maximum absolute atomic E-state index is 13.5. The van der Waals surface area contributed by atoms with Crippen molar-refractivity contribution in [2.24, 2.45) is 0 Å². The van der Waals surface area contributed by atoms with E-state index >= 15 is 0 Å². The van der Waals surface area contributed by atoms with Crippen LogP contribution in [0.2, 0.25) is 0 Å². The predicted molar refractivity (Wildman–Crippen MR) is 142 cm³/mol. The van der Waals surface area contributed by atoms with E-state index in [4.69, 9.17) is 4.74 Å². The molecule has 198 valence electrons. The van der Waals surface area contributed by atoms with Gasteiger partial charge in [-0.15, -0.1) is 0 Å². The first-order valence-corrected chi connectivity index (χ1v) is 13.7. The molecule has 1 heterocycles. The Morgan fingerprint density at radius 1 is 0.947 bits per heavy atom. The molecule has 38 heavy (non-hydrogen) atoms. The highest BCUT2D eigenvalue weighted by Crippen LogP contribution is 2.24. The zero-order valence-corrected chi connectivity index (χ0v) is 21.6. The molecule has 6 nitrogen and oxygen atoms in total. The molecular formula is C29H29F2N3O3S. The third-order valence-corrected chi connectivity index (χ3v) is 7.36. The summed E-state index contributed by atoms with van der Waals surface area (Å²) in [7, 11) is -4.08. The zero-order chi connectivity index (χ0) is 27.0. The first-order valence-electron chi connectivity index (χ1n) is 12.2. The minimum atomic E-state index is -4.08. The van der Waals surface area contributed by atoms with Gasteiger partial charge in [-0.3, -0.25) is 9.40 Å². The lowest BCUT2D eigenvalue weighted by atomic mass is 10.1. The summed E-state index contributed by atoms with van der Waals surface area (Å²) in [6.45, 7) is 4.90. The largest absolute Gasteiger partial charge is 0.493 e. The van der Waals surface area contributed by atoms with Gasteiger partial charge in [-0.05, 0) is 67.1 Å². The van der Waals surface area contributed by atoms with Crippen molar-refractivity contribution >= 4 is 10.0 Å². The van der Waals surface area contributed by atoms with E-state index in [0.29, 0.717) is 32.1 Å². The van der Waals surface area contributed by atoms with Crippen molar-refractivity contribution in [1.82, 2.24) is 14.5 Å². The molecule has 0 aliphatic carbocycles. The fraction of sp³-hybridized carbons (Fsp3) is 0.207. The van der Waals surface area contributed by atoms with E-state index in [2.05, 4.69) is 28.5 Å². The summed E-state index contributed by atoms with van der Waals surface area (Å²) in [5.41, 5.74) is 3.42. The second-order valence-electron chi connectivity index (χ2n) is 8.87. The number of nitrogens with one attached hydrogen (secondary N) is 1. The van der Waals surface area contributed by atoms with Crippen LogP contribution in [0.3, 0.4) is 0 Å². The van der Waals surface area contributed by atoms with Gasteiger partial charge in [0.05, 0.1) is 18.0 Å². The maximum Gasteiger partial charge on any atom is 0.261 e. The predicted octanol–water partition coefficient (Wildman–Crippen LogP) is 5.65. The summed E-state index contributed by atoms with van der Waals surface area (Å²) in [4.78, 5) is -0.369. The fourth-order valence-corrected chi connectivity index (χ4v) is 5.04. The standard InChI is InChI=1S/C29H29F2N3O3S/c1-22(33-38(35,36)26-14-15-27(30)28(31)20-26)10-11-24-12-13-25(21-34-17-6-16-32-34)29(19-24)37-18-5-9-23-7-3-2-4-8-23/h2-4,6-8,12-17,19-20,33H,1,5,9-11,18,21H2. The number of ether oxygens (including phenoxy) is 1. The minimum absolute atomic E-state index is 0.237. The first-order chi connectivity index (χ1) is 18.3. The van der Waals surface area contributed by atoms with E-state index in [-0.39, 0.29) is 10.6 Å². The number of allylic oxidation sites excluding steroid dienone is 1. The van der Waals surface area contributed by atoms with Crippen LogP contribution < -0.4 is 9.46 Å². The number of sulfonamides is 1. The summed E-state index contributed by atoms with van der Waals surface area (Å²) in [6, 6.07) is 20.4. The Balaban J connectivity index is 1.39. The number of benzene rings is 3. The molecule has 0 aliphatic rings. The van der Waals surface area contributed by atoms with Crippen LogP contribution in [-0.4, -0.2) is 24.8 Å². The van der Waals surface area contributed by atoms with E-state index in [1.54, 1.807) is 6.20 Å². The summed E-state index contributed by atoms with van der Waals surface area (Å²) in [5.74, 6) is -1.60. The van der Waals surface area contributed by atoms with Crippen LogP contribution in [-0.2, 0) is 29.4 Å². The molecule has 0 radical (unpaired) electrons. The molecule has 0 amide bonds. The number of hydrogen-bond acceptors (Lipinski definition) is 4. The van der Waals surface area contributed by atoms with E-state index in [1.165, 1.54) is 5.56 Å². The van der Waals surface area contributed by atoms with E-state index in [0.717, 1.165) is 41.9 Å². The molecule has 0 atom stereocenters. The average molecular weight is 538 g/mol. The highest BCUT2D eigenvalue weighted by Gasteiger charge is 2.17. The van der Waals surface area contributed by atoms with Gasteiger partial charge in [-0.25, -0.2) is 17.2 Å². The van der Waals surface area contributed by atoms with Gasteiger partial charge in [-0.2, -0.15) is 5.10 Å². The minimum Gasteiger partial charge on any atom is -0.493 e. The summed E-state index contributed by atoms with van der Waals surface area (Å²) in [5, 5.41) is 4.28. The molecule has 9 heteroatoms. The third-order valence-electron chi connectivity index (χ3n) is 5.93. The zero-order valence-electron chi connectivity index (χ0n) is 20.8. The number of halogens is 2. The smallest absolute Gasteiger partial charge is 0.261 e. The lowest BCUT2D eigenvalue weighted by molar-refractivity contribution is 0.306. The number of aromatic nitrogens is 2. The molecule has 0 saturated heterocycles. The van der Waals surface area contributed by atoms with Gasteiger partial charge in [0.1, 0.15) is 5.75 Å². The molecule has 4 aromatic rings. The van der Waals surface area contributed by atoms with Gasteiger partial charge >= 0.3 is 0 Å². The van der Waals surface area contributed by atoms with Crippen LogP contribution in [0.25, 0.3) is 0 Å². The Bertz CT molecular complexity index is 1470. The Hall–Kier alpha value is -3.98. The maximum atomic E-state index is 13.5. The third kappa shape index (κ3) is 7.52. The lowest BCUT2D eigenvalue weighted by Crippen LogP contribution is -2.23. The summed E-state index contributed by atoms with van der Waals surface area (Å²) < 4.78 is 62.1. The van der Waals surface area contributed by atoms with Crippen LogP contribution in [0.4, 0.5) is 8.78 Å². The molecule has 0 fully saturated rings. The van der Waals surface area contributed by atoms with E-state index in [9.17, 15) is 17.2 Å². The molecule has 0 saturated carbocycles. The van der Waals surface area contributed by atoms with Crippen LogP contribution in [0.15, 0.2) is 102 Å². The van der Waals surface area contributed by atoms with E-state index < -0.39 is 21.7 Å². The lowest BCUT2D eigenvalue weighted by Gasteiger charge is -2.15. The van der Waals surface area contributed by atoms with Crippen LogP contribution in [0.1, 0.15) is 29.5 Å². The quantitative estimate of drug-likeness (QED) is 0.224. The summed E-state index contributed by atoms with van der Waals surface area (Å²) >= 11 is 0. The van der Waals surface area contributed by atoms with Crippen molar-refractivity contribution in [3.63, 3.8) is 0 Å². The number of aryl methyl sites for hydroxylation is 2. The van der Waals surface area contributed by atoms with Crippen LogP contribution in [0.5, 0.6) is 5.75 Å². The highest BCUT2D eigenvalue weighted by atomic mass is 32.2. The molecule has 0 spiro atoms. The Kier molecular flexibility index (Phi) is 8.91. The van der Waals surface area contributed by atoms with Crippen molar-refractivity contribution in [2.75, 3.05) is 6.61 Å². The number of rotatable bonds is 13. The second-order valence-corrected chi connectivity index (χ2v) is 10.6. The fourth-order valence-electron chi connectivity index (χ4n) is 3.93. The monoisotopic (exact) mass is 537 g/mol. The molecule has 1 N–H and O–H groups in total. The second kappa shape index (κ2) is 12.5. The summed E-state index contributed by atoms with van der Waals surface area (Å²) in [6.07, 6.45) is 6.19. The van der Waals surface area contributed by atoms with Gasteiger partial charge in [-0.1, -0.05) is 49.0 Å². The number of nitrogens with zero attached hydrogens (tertiary/aromatic N) is 2. The van der Waals surface area contributed by atoms with Gasteiger partial charge in [0, 0.05) is 23.7 Å². The van der Waals surface area contributed by atoms with Gasteiger partial charge < -0.3 is 4.74 Å². The Morgan fingerprint density at radius 2 is 1.76 bits per heavy atom. The molecule has 0 bridgehead atoms. The van der Waals surface area contributed by atoms with Gasteiger partial charge in [0.15, 0.2) is 11.6 Å². The Labute approximate surface area is 221 Å². The SMILES string of the molecule is C=C(CCc1ccc(Cn2cccn2)c(OCCCc2ccccc2)c1)NS(=O)(=O)c1ccc(F)c(F)c1. The first kappa shape index (κ1) is 27.1. The molecular weight excluding hydrogens is 508 g/mol. The van der Waals surface area contributed by atoms with Crippen molar-refractivity contribution in [1.29, 1.82) is 0 Å². The van der Waals surface area contributed by atoms with E-state index in [1.807, 2.05) is 53.3 Å². The topological polar surface area (TPSA) is 73.2 Å². The Morgan fingerprint density at radius 3 is 2.50 bits per heavy atom. The number of hydrogen-bond donors (Lipinski definition) is 1. The van der Waals surface area contributed by atoms with Crippen LogP contribution in [0, 0.1) is 11.6 Å². The van der Waals surface area contributed by atoms with Gasteiger partial charge in [0.25, 0.3) is 10.0 Å². The van der Waals surface area contributed by atoms with Crippen LogP contribution >= 0.6 is 0 Å². The highest BCUT2D eigenvalue weighted by molar-refractivity contribution is 7.89. The molecule has 0 unspecified atom stereocenters. The van der Waals surface area contributed by atoms with Crippen molar-refractivity contribution < 1.29 is 21.9 Å². The molecule has 4 rings (SSSR count).